The molecule has 6 heteroatoms. The summed E-state index contributed by atoms with van der Waals surface area (Å²) in [5, 5.41) is 20.2. The van der Waals surface area contributed by atoms with Gasteiger partial charge in [-0.2, -0.15) is 0 Å². The third-order valence-corrected chi connectivity index (χ3v) is 4.27. The van der Waals surface area contributed by atoms with E-state index in [4.69, 9.17) is 9.84 Å². The molecule has 0 aliphatic heterocycles. The third kappa shape index (κ3) is 3.77. The van der Waals surface area contributed by atoms with Crippen molar-refractivity contribution >= 4 is 5.69 Å². The number of aliphatic hydroxyl groups excluding tert-OH is 1. The van der Waals surface area contributed by atoms with Crippen LogP contribution in [0.15, 0.2) is 6.20 Å². The minimum atomic E-state index is -0.359. The number of hydrogen-bond acceptors (Lipinski definition) is 5. The summed E-state index contributed by atoms with van der Waals surface area (Å²) in [6, 6.07) is 0. The predicted octanol–water partition coefficient (Wildman–Crippen LogP) is 2.67. The van der Waals surface area contributed by atoms with Gasteiger partial charge in [-0.3, -0.25) is 15.1 Å². The van der Waals surface area contributed by atoms with Crippen LogP contribution >= 0.6 is 0 Å². The van der Waals surface area contributed by atoms with Crippen LogP contribution in [0.5, 0.6) is 0 Å². The summed E-state index contributed by atoms with van der Waals surface area (Å²) in [5.41, 5.74) is 1.93. The molecule has 0 spiro atoms. The lowest BCUT2D eigenvalue weighted by atomic mass is 9.88. The molecule has 2 rings (SSSR count). The quantitative estimate of drug-likeness (QED) is 0.666. The fraction of sp³-hybridized carbons (Fsp3) is 0.667. The van der Waals surface area contributed by atoms with E-state index in [0.717, 1.165) is 25.7 Å². The Morgan fingerprint density at radius 2 is 2.05 bits per heavy atom. The number of pyridine rings is 1. The minimum Gasteiger partial charge on any atom is -0.396 e. The van der Waals surface area contributed by atoms with Crippen LogP contribution in [0.4, 0.5) is 5.69 Å². The standard InChI is InChI=1S/C15H22N2O4/c1-10-7-16-14(11(2)15(10)17(19)20)9-21-13-5-3-12(8-18)4-6-13/h7,12-13,18H,3-6,8-9H2,1-2H3. The normalized spacial score (nSPS) is 22.2. The zero-order valence-corrected chi connectivity index (χ0v) is 12.5. The summed E-state index contributed by atoms with van der Waals surface area (Å²) in [6.07, 6.45) is 5.50. The Morgan fingerprint density at radius 3 is 2.62 bits per heavy atom. The first kappa shape index (κ1) is 15.9. The molecule has 1 heterocycles. The maximum Gasteiger partial charge on any atom is 0.278 e. The highest BCUT2D eigenvalue weighted by atomic mass is 16.6. The van der Waals surface area contributed by atoms with Crippen LogP contribution in [0.25, 0.3) is 0 Å². The molecular weight excluding hydrogens is 272 g/mol. The zero-order valence-electron chi connectivity index (χ0n) is 12.5. The smallest absolute Gasteiger partial charge is 0.278 e. The number of aliphatic hydroxyl groups is 1. The van der Waals surface area contributed by atoms with Gasteiger partial charge in [0, 0.05) is 18.4 Å². The van der Waals surface area contributed by atoms with Crippen LogP contribution in [-0.2, 0) is 11.3 Å². The van der Waals surface area contributed by atoms with Crippen molar-refractivity contribution in [3.63, 3.8) is 0 Å². The molecule has 0 unspecified atom stereocenters. The third-order valence-electron chi connectivity index (χ3n) is 4.27. The van der Waals surface area contributed by atoms with Gasteiger partial charge in [0.05, 0.1) is 28.9 Å². The van der Waals surface area contributed by atoms with Gasteiger partial charge in [-0.05, 0) is 45.4 Å². The molecule has 1 aliphatic carbocycles. The molecule has 1 aromatic heterocycles. The van der Waals surface area contributed by atoms with Gasteiger partial charge in [-0.25, -0.2) is 0 Å². The number of aromatic nitrogens is 1. The van der Waals surface area contributed by atoms with Crippen molar-refractivity contribution in [3.8, 4) is 0 Å². The summed E-state index contributed by atoms with van der Waals surface area (Å²) >= 11 is 0. The Morgan fingerprint density at radius 1 is 1.38 bits per heavy atom. The molecule has 6 nitrogen and oxygen atoms in total. The van der Waals surface area contributed by atoms with Gasteiger partial charge in [-0.1, -0.05) is 0 Å². The Hall–Kier alpha value is -1.53. The highest BCUT2D eigenvalue weighted by Gasteiger charge is 2.23. The van der Waals surface area contributed by atoms with Crippen molar-refractivity contribution in [1.29, 1.82) is 0 Å². The SMILES string of the molecule is Cc1cnc(COC2CCC(CO)CC2)c(C)c1[N+](=O)[O-]. The van der Waals surface area contributed by atoms with Gasteiger partial charge in [0.15, 0.2) is 0 Å². The average Bonchev–Trinajstić information content (AvgIpc) is 2.46. The monoisotopic (exact) mass is 294 g/mol. The lowest BCUT2D eigenvalue weighted by Crippen LogP contribution is -2.23. The summed E-state index contributed by atoms with van der Waals surface area (Å²) in [4.78, 5) is 15.0. The average molecular weight is 294 g/mol. The second kappa shape index (κ2) is 6.95. The van der Waals surface area contributed by atoms with Crippen molar-refractivity contribution in [2.45, 2.75) is 52.2 Å². The number of rotatable bonds is 5. The van der Waals surface area contributed by atoms with E-state index in [1.165, 1.54) is 6.20 Å². The molecule has 0 amide bonds. The Labute approximate surface area is 124 Å². The van der Waals surface area contributed by atoms with E-state index in [1.807, 2.05) is 0 Å². The van der Waals surface area contributed by atoms with E-state index in [0.29, 0.717) is 29.3 Å². The van der Waals surface area contributed by atoms with E-state index in [-0.39, 0.29) is 23.3 Å². The molecule has 21 heavy (non-hydrogen) atoms. The van der Waals surface area contributed by atoms with Crippen molar-refractivity contribution in [3.05, 3.63) is 33.1 Å². The van der Waals surface area contributed by atoms with Crippen LogP contribution in [0.3, 0.4) is 0 Å². The van der Waals surface area contributed by atoms with Crippen molar-refractivity contribution in [2.24, 2.45) is 5.92 Å². The number of nitro groups is 1. The molecule has 1 fully saturated rings. The highest BCUT2D eigenvalue weighted by molar-refractivity contribution is 5.47. The number of nitrogens with zero attached hydrogens (tertiary/aromatic N) is 2. The van der Waals surface area contributed by atoms with Crippen LogP contribution in [-0.4, -0.2) is 27.7 Å². The maximum atomic E-state index is 11.1. The fourth-order valence-corrected chi connectivity index (χ4v) is 2.87. The van der Waals surface area contributed by atoms with Gasteiger partial charge < -0.3 is 9.84 Å². The molecular formula is C15H22N2O4. The fourth-order valence-electron chi connectivity index (χ4n) is 2.87. The molecule has 116 valence electrons. The summed E-state index contributed by atoms with van der Waals surface area (Å²) in [7, 11) is 0. The first-order chi connectivity index (χ1) is 10.0. The van der Waals surface area contributed by atoms with E-state index >= 15 is 0 Å². The lowest BCUT2D eigenvalue weighted by Gasteiger charge is -2.27. The topological polar surface area (TPSA) is 85.5 Å². The van der Waals surface area contributed by atoms with Gasteiger partial charge in [0.1, 0.15) is 0 Å². The van der Waals surface area contributed by atoms with Crippen LogP contribution in [0.1, 0.15) is 42.5 Å². The molecule has 0 bridgehead atoms. The molecule has 1 aromatic rings. The summed E-state index contributed by atoms with van der Waals surface area (Å²) < 4.78 is 5.85. The van der Waals surface area contributed by atoms with Crippen LogP contribution in [0, 0.1) is 29.9 Å². The number of aryl methyl sites for hydroxylation is 1. The predicted molar refractivity (Wildman–Crippen MR) is 78.0 cm³/mol. The van der Waals surface area contributed by atoms with E-state index in [9.17, 15) is 10.1 Å². The highest BCUT2D eigenvalue weighted by Crippen LogP contribution is 2.28. The first-order valence-corrected chi connectivity index (χ1v) is 7.34. The molecule has 0 saturated heterocycles. The van der Waals surface area contributed by atoms with E-state index < -0.39 is 0 Å². The lowest BCUT2D eigenvalue weighted by molar-refractivity contribution is -0.386. The number of hydrogen-bond donors (Lipinski definition) is 1. The van der Waals surface area contributed by atoms with Gasteiger partial charge in [0.25, 0.3) is 5.69 Å². The van der Waals surface area contributed by atoms with Crippen LogP contribution < -0.4 is 0 Å². The van der Waals surface area contributed by atoms with Crippen molar-refractivity contribution in [2.75, 3.05) is 6.61 Å². The molecule has 1 saturated carbocycles. The minimum absolute atomic E-state index is 0.132. The molecule has 1 N–H and O–H groups in total. The van der Waals surface area contributed by atoms with Crippen molar-refractivity contribution < 1.29 is 14.8 Å². The van der Waals surface area contributed by atoms with Gasteiger partial charge in [0.2, 0.25) is 0 Å². The van der Waals surface area contributed by atoms with E-state index in [1.54, 1.807) is 13.8 Å². The molecule has 0 atom stereocenters. The van der Waals surface area contributed by atoms with Gasteiger partial charge >= 0.3 is 0 Å². The summed E-state index contributed by atoms with van der Waals surface area (Å²) in [5.74, 6) is 0.394. The Kier molecular flexibility index (Phi) is 5.25. The molecule has 0 radical (unpaired) electrons. The van der Waals surface area contributed by atoms with Crippen molar-refractivity contribution in [1.82, 2.24) is 4.98 Å². The summed E-state index contributed by atoms with van der Waals surface area (Å²) in [6.45, 7) is 3.97. The van der Waals surface area contributed by atoms with E-state index in [2.05, 4.69) is 4.98 Å². The second-order valence-electron chi connectivity index (χ2n) is 5.75. The maximum absolute atomic E-state index is 11.1. The zero-order chi connectivity index (χ0) is 15.4. The first-order valence-electron chi connectivity index (χ1n) is 7.34. The Balaban J connectivity index is 1.98. The Bertz CT molecular complexity index is 511. The second-order valence-corrected chi connectivity index (χ2v) is 5.75. The largest absolute Gasteiger partial charge is 0.396 e. The molecule has 0 aromatic carbocycles. The molecule has 1 aliphatic rings. The van der Waals surface area contributed by atoms with Gasteiger partial charge in [-0.15, -0.1) is 0 Å². The number of ether oxygens (including phenoxy) is 1. The van der Waals surface area contributed by atoms with Crippen LogP contribution in [0.2, 0.25) is 0 Å².